The van der Waals surface area contributed by atoms with E-state index in [9.17, 15) is 0 Å². The van der Waals surface area contributed by atoms with Gasteiger partial charge in [-0.25, -0.2) is 0 Å². The van der Waals surface area contributed by atoms with Crippen LogP contribution in [0.15, 0.2) is 146 Å². The SMILES string of the molecule is Nc1cc(-c2ccccc2)ccc1NC1[I-]n2c3ccccc3c3cc(-c4ccc5c6ccccc6n(C6=CCCC=C6)c5c4)cc1c32. The number of rotatable bonds is 5. The van der Waals surface area contributed by atoms with Crippen LogP contribution in [0.3, 0.4) is 0 Å². The summed E-state index contributed by atoms with van der Waals surface area (Å²) in [6, 6.07) is 46.4. The van der Waals surface area contributed by atoms with Crippen molar-refractivity contribution < 1.29 is 21.5 Å². The van der Waals surface area contributed by atoms with Gasteiger partial charge in [-0.05, 0) is 0 Å². The number of aromatic nitrogens is 2. The zero-order valence-electron chi connectivity index (χ0n) is 26.2. The van der Waals surface area contributed by atoms with Crippen molar-refractivity contribution in [1.29, 1.82) is 0 Å². The number of nitrogen functional groups attached to an aromatic ring is 1. The van der Waals surface area contributed by atoms with Gasteiger partial charge in [0.05, 0.1) is 0 Å². The second kappa shape index (κ2) is 10.9. The Morgan fingerprint density at radius 3 is 2.15 bits per heavy atom. The van der Waals surface area contributed by atoms with E-state index in [1.165, 1.54) is 71.6 Å². The molecule has 48 heavy (non-hydrogen) atoms. The molecule has 10 rings (SSSR count). The molecule has 0 bridgehead atoms. The molecule has 4 nitrogen and oxygen atoms in total. The van der Waals surface area contributed by atoms with Crippen molar-refractivity contribution in [2.45, 2.75) is 16.9 Å². The Kier molecular flexibility index (Phi) is 6.31. The summed E-state index contributed by atoms with van der Waals surface area (Å²) >= 11 is -0.440. The standard InChI is InChI=1S/C43H32IN4/c45-37-25-28(27-11-3-1-4-12-27)20-22-38(37)46-43-36-24-30(23-35-33-16-8-10-18-40(33)48(44-43)42(35)36)29-19-21-34-32-15-7-9-17-39(32)47(41(34)26-29)31-13-5-2-6-14-31/h1,3-5,7-26,43,46H,2,6,45H2/q-1. The van der Waals surface area contributed by atoms with E-state index in [0.29, 0.717) is 0 Å². The Labute approximate surface area is 289 Å². The maximum atomic E-state index is 6.72. The van der Waals surface area contributed by atoms with Crippen LogP contribution in [0.5, 0.6) is 0 Å². The van der Waals surface area contributed by atoms with Gasteiger partial charge in [-0.15, -0.1) is 0 Å². The Morgan fingerprint density at radius 1 is 0.604 bits per heavy atom. The van der Waals surface area contributed by atoms with Gasteiger partial charge in [0, 0.05) is 0 Å². The number of hydrogen-bond donors (Lipinski definition) is 2. The van der Waals surface area contributed by atoms with Crippen LogP contribution < -0.4 is 32.5 Å². The van der Waals surface area contributed by atoms with Crippen molar-refractivity contribution in [3.8, 4) is 22.3 Å². The average Bonchev–Trinajstić information content (AvgIpc) is 3.78. The Bertz CT molecular complexity index is 2640. The molecule has 0 amide bonds. The summed E-state index contributed by atoms with van der Waals surface area (Å²) in [7, 11) is 0. The zero-order chi connectivity index (χ0) is 31.8. The number of anilines is 2. The first-order valence-corrected chi connectivity index (χ1v) is 18.8. The van der Waals surface area contributed by atoms with Gasteiger partial charge in [-0.2, -0.15) is 0 Å². The molecular formula is C43H32IN4-. The molecule has 0 spiro atoms. The number of para-hydroxylation sites is 2. The van der Waals surface area contributed by atoms with Crippen molar-refractivity contribution in [2.24, 2.45) is 0 Å². The third-order valence-electron chi connectivity index (χ3n) is 9.89. The van der Waals surface area contributed by atoms with E-state index in [2.05, 4.69) is 152 Å². The summed E-state index contributed by atoms with van der Waals surface area (Å²) in [5.74, 6) is 0. The number of nitrogens with one attached hydrogen (secondary N) is 1. The normalized spacial score (nSPS) is 15.8. The van der Waals surface area contributed by atoms with Crippen LogP contribution in [0, 0.1) is 0 Å². The quantitative estimate of drug-likeness (QED) is 0.0817. The van der Waals surface area contributed by atoms with Crippen LogP contribution in [0.25, 0.3) is 71.6 Å². The fraction of sp³-hybridized carbons (Fsp3) is 0.0698. The van der Waals surface area contributed by atoms with E-state index in [4.69, 9.17) is 5.73 Å². The van der Waals surface area contributed by atoms with Gasteiger partial charge in [-0.3, -0.25) is 0 Å². The van der Waals surface area contributed by atoms with E-state index in [0.717, 1.165) is 29.8 Å². The number of alkyl halides is 1. The van der Waals surface area contributed by atoms with Crippen LogP contribution in [0.4, 0.5) is 11.4 Å². The zero-order valence-corrected chi connectivity index (χ0v) is 28.4. The molecule has 8 aromatic rings. The van der Waals surface area contributed by atoms with Crippen molar-refractivity contribution in [3.05, 3.63) is 151 Å². The van der Waals surface area contributed by atoms with Crippen LogP contribution in [-0.4, -0.2) is 7.35 Å². The van der Waals surface area contributed by atoms with Crippen molar-refractivity contribution >= 4 is 60.7 Å². The first-order valence-electron chi connectivity index (χ1n) is 16.5. The molecule has 5 heteroatoms. The molecule has 6 aromatic carbocycles. The molecule has 0 radical (unpaired) electrons. The van der Waals surface area contributed by atoms with Gasteiger partial charge in [0.2, 0.25) is 0 Å². The summed E-state index contributed by atoms with van der Waals surface area (Å²) in [4.78, 5) is 0. The Morgan fingerprint density at radius 2 is 1.33 bits per heavy atom. The first kappa shape index (κ1) is 27.8. The van der Waals surface area contributed by atoms with E-state index < -0.39 is 21.5 Å². The summed E-state index contributed by atoms with van der Waals surface area (Å²) in [6.45, 7) is 0. The fourth-order valence-corrected chi connectivity index (χ4v) is 11.0. The van der Waals surface area contributed by atoms with Gasteiger partial charge >= 0.3 is 291 Å². The number of halogens is 1. The molecule has 2 aromatic heterocycles. The fourth-order valence-electron chi connectivity index (χ4n) is 7.62. The van der Waals surface area contributed by atoms with Gasteiger partial charge in [0.25, 0.3) is 0 Å². The topological polar surface area (TPSA) is 47.9 Å². The molecule has 2 aliphatic rings. The van der Waals surface area contributed by atoms with E-state index in [1.54, 1.807) is 0 Å². The van der Waals surface area contributed by atoms with Gasteiger partial charge in [0.1, 0.15) is 0 Å². The third kappa shape index (κ3) is 4.27. The monoisotopic (exact) mass is 731 g/mol. The second-order valence-electron chi connectivity index (χ2n) is 12.7. The molecule has 232 valence electrons. The minimum absolute atomic E-state index is 0.198. The number of nitrogens with zero attached hydrogens (tertiary/aromatic N) is 2. The van der Waals surface area contributed by atoms with Crippen molar-refractivity contribution in [1.82, 2.24) is 7.35 Å². The summed E-state index contributed by atoms with van der Waals surface area (Å²) in [5.41, 5.74) is 21.1. The maximum absolute atomic E-state index is 6.72. The Hall–Kier alpha value is -5.27. The number of nitrogens with two attached hydrogens (primary N) is 1. The molecule has 0 saturated carbocycles. The summed E-state index contributed by atoms with van der Waals surface area (Å²) in [5, 5.41) is 9.14. The second-order valence-corrected chi connectivity index (χ2v) is 15.5. The van der Waals surface area contributed by atoms with E-state index >= 15 is 0 Å². The van der Waals surface area contributed by atoms with Crippen LogP contribution in [0.1, 0.15) is 22.5 Å². The molecule has 1 aliphatic carbocycles. The summed E-state index contributed by atoms with van der Waals surface area (Å²) in [6.07, 6.45) is 9.12. The van der Waals surface area contributed by atoms with Crippen LogP contribution >= 0.6 is 0 Å². The molecule has 0 saturated heterocycles. The van der Waals surface area contributed by atoms with Crippen LogP contribution in [0.2, 0.25) is 0 Å². The first-order chi connectivity index (χ1) is 23.7. The Balaban J connectivity index is 1.12. The molecule has 0 fully saturated rings. The third-order valence-corrected chi connectivity index (χ3v) is 13.0. The molecule has 1 aliphatic heterocycles. The molecule has 1 atom stereocenters. The van der Waals surface area contributed by atoms with Gasteiger partial charge < -0.3 is 0 Å². The predicted molar refractivity (Wildman–Crippen MR) is 199 cm³/mol. The molecule has 3 N–H and O–H groups in total. The van der Waals surface area contributed by atoms with Crippen molar-refractivity contribution in [2.75, 3.05) is 11.1 Å². The minimum atomic E-state index is -0.440. The molecular weight excluding hydrogens is 699 g/mol. The van der Waals surface area contributed by atoms with Crippen LogP contribution in [-0.2, 0) is 0 Å². The molecule has 1 unspecified atom stereocenters. The average molecular weight is 732 g/mol. The summed E-state index contributed by atoms with van der Waals surface area (Å²) < 4.78 is 5.24. The number of allylic oxidation sites excluding steroid dienone is 4. The predicted octanol–water partition coefficient (Wildman–Crippen LogP) is 7.99. The molecule has 3 heterocycles. The van der Waals surface area contributed by atoms with Crippen molar-refractivity contribution in [3.63, 3.8) is 0 Å². The van der Waals surface area contributed by atoms with Gasteiger partial charge in [-0.1, -0.05) is 0 Å². The van der Waals surface area contributed by atoms with E-state index in [-0.39, 0.29) is 4.05 Å². The van der Waals surface area contributed by atoms with Gasteiger partial charge in [0.15, 0.2) is 0 Å². The van der Waals surface area contributed by atoms with E-state index in [1.807, 2.05) is 6.07 Å². The number of fused-ring (bicyclic) bond motifs is 6. The number of benzene rings is 6. The number of hydrogen-bond acceptors (Lipinski definition) is 2.